The van der Waals surface area contributed by atoms with E-state index >= 15 is 0 Å². The Morgan fingerprint density at radius 3 is 0.970 bits per heavy atom. The Labute approximate surface area is 415 Å². The van der Waals surface area contributed by atoms with E-state index in [1.54, 1.807) is 0 Å². The van der Waals surface area contributed by atoms with Gasteiger partial charge in [-0.15, -0.1) is 0 Å². The second-order valence-electron chi connectivity index (χ2n) is 18.6. The molecule has 1 atom stereocenters. The molecule has 0 aromatic heterocycles. The van der Waals surface area contributed by atoms with Gasteiger partial charge in [-0.3, -0.25) is 9.59 Å². The van der Waals surface area contributed by atoms with Crippen LogP contribution < -0.4 is 0 Å². The minimum atomic E-state index is -0.779. The molecule has 0 aliphatic rings. The fourth-order valence-electron chi connectivity index (χ4n) is 7.88. The van der Waals surface area contributed by atoms with Crippen molar-refractivity contribution in [3.05, 3.63) is 97.2 Å². The summed E-state index contributed by atoms with van der Waals surface area (Å²) in [7, 11) is 0. The Morgan fingerprint density at radius 1 is 0.358 bits per heavy atom. The second-order valence-corrected chi connectivity index (χ2v) is 18.6. The lowest BCUT2D eigenvalue weighted by Gasteiger charge is -2.15. The molecule has 0 rings (SSSR count). The van der Waals surface area contributed by atoms with E-state index in [2.05, 4.69) is 111 Å². The van der Waals surface area contributed by atoms with Gasteiger partial charge in [-0.25, -0.2) is 0 Å². The SMILES string of the molecule is CC/C=C\C/C=C\C/C=C\C/C=C\C/C=C\C/C=C\CCCCCCCCCCCCCCCCCCC(=O)OC(CO)COC(=O)CCCCCCCCC/C=C\C/C=C\CCCCCC. The van der Waals surface area contributed by atoms with Gasteiger partial charge >= 0.3 is 11.9 Å². The third-order valence-corrected chi connectivity index (χ3v) is 12.1. The summed E-state index contributed by atoms with van der Waals surface area (Å²) < 4.78 is 10.7. The van der Waals surface area contributed by atoms with Gasteiger partial charge in [0.15, 0.2) is 6.10 Å². The van der Waals surface area contributed by atoms with Crippen molar-refractivity contribution in [1.29, 1.82) is 0 Å². The molecule has 0 aliphatic heterocycles. The zero-order valence-corrected chi connectivity index (χ0v) is 43.9. The van der Waals surface area contributed by atoms with Gasteiger partial charge in [0.25, 0.3) is 0 Å². The molecular formula is C62H106O5. The minimum Gasteiger partial charge on any atom is -0.462 e. The third-order valence-electron chi connectivity index (χ3n) is 12.1. The molecule has 384 valence electrons. The minimum absolute atomic E-state index is 0.0717. The van der Waals surface area contributed by atoms with Gasteiger partial charge in [0.05, 0.1) is 6.61 Å². The van der Waals surface area contributed by atoms with Gasteiger partial charge in [0.1, 0.15) is 6.61 Å². The van der Waals surface area contributed by atoms with Crippen LogP contribution in [0.3, 0.4) is 0 Å². The Kier molecular flexibility index (Phi) is 54.4. The van der Waals surface area contributed by atoms with E-state index in [1.165, 1.54) is 148 Å². The van der Waals surface area contributed by atoms with Gasteiger partial charge in [0, 0.05) is 12.8 Å². The summed E-state index contributed by atoms with van der Waals surface area (Å²) in [5.74, 6) is -0.596. The molecule has 0 spiro atoms. The van der Waals surface area contributed by atoms with Crippen LogP contribution in [0.4, 0.5) is 0 Å². The number of esters is 2. The maximum absolute atomic E-state index is 12.3. The van der Waals surface area contributed by atoms with E-state index in [0.29, 0.717) is 12.8 Å². The molecule has 67 heavy (non-hydrogen) atoms. The number of aliphatic hydroxyl groups is 1. The molecule has 0 amide bonds. The van der Waals surface area contributed by atoms with E-state index in [-0.39, 0.29) is 25.2 Å². The molecule has 0 saturated carbocycles. The van der Waals surface area contributed by atoms with Gasteiger partial charge in [-0.05, 0) is 96.3 Å². The maximum Gasteiger partial charge on any atom is 0.306 e. The first-order valence-corrected chi connectivity index (χ1v) is 28.3. The molecule has 0 aromatic rings. The molecule has 0 radical (unpaired) electrons. The summed E-state index contributed by atoms with van der Waals surface area (Å²) >= 11 is 0. The first kappa shape index (κ1) is 63.8. The van der Waals surface area contributed by atoms with E-state index in [1.807, 2.05) is 0 Å². The molecule has 1 N–H and O–H groups in total. The van der Waals surface area contributed by atoms with Crippen LogP contribution in [-0.4, -0.2) is 36.4 Å². The average Bonchev–Trinajstić information content (AvgIpc) is 3.33. The first-order chi connectivity index (χ1) is 33.1. The topological polar surface area (TPSA) is 72.8 Å². The molecule has 0 heterocycles. The second kappa shape index (κ2) is 57.1. The van der Waals surface area contributed by atoms with Crippen LogP contribution >= 0.6 is 0 Å². The summed E-state index contributed by atoms with van der Waals surface area (Å²) in [6.45, 7) is 4.02. The molecule has 1 unspecified atom stereocenters. The van der Waals surface area contributed by atoms with Crippen molar-refractivity contribution in [3.63, 3.8) is 0 Å². The summed E-state index contributed by atoms with van der Waals surface area (Å²) in [5, 5.41) is 9.64. The highest BCUT2D eigenvalue weighted by atomic mass is 16.6. The predicted molar refractivity (Wildman–Crippen MR) is 292 cm³/mol. The average molecular weight is 932 g/mol. The molecule has 0 bridgehead atoms. The van der Waals surface area contributed by atoms with Crippen LogP contribution in [0.25, 0.3) is 0 Å². The summed E-state index contributed by atoms with van der Waals surface area (Å²) in [6.07, 6.45) is 80.9. The largest absolute Gasteiger partial charge is 0.462 e. The molecular weight excluding hydrogens is 825 g/mol. The number of hydrogen-bond acceptors (Lipinski definition) is 5. The van der Waals surface area contributed by atoms with Gasteiger partial charge < -0.3 is 14.6 Å². The van der Waals surface area contributed by atoms with Crippen molar-refractivity contribution in [1.82, 2.24) is 0 Å². The Morgan fingerprint density at radius 2 is 0.642 bits per heavy atom. The quantitative estimate of drug-likeness (QED) is 0.0374. The molecule has 0 aromatic carbocycles. The lowest BCUT2D eigenvalue weighted by Crippen LogP contribution is -2.28. The number of hydrogen-bond donors (Lipinski definition) is 1. The molecule has 5 nitrogen and oxygen atoms in total. The van der Waals surface area contributed by atoms with Crippen molar-refractivity contribution in [3.8, 4) is 0 Å². The van der Waals surface area contributed by atoms with Crippen LogP contribution in [0.15, 0.2) is 97.2 Å². The number of carbonyl (C=O) groups excluding carboxylic acids is 2. The summed E-state index contributed by atoms with van der Waals surface area (Å²) in [5.41, 5.74) is 0. The van der Waals surface area contributed by atoms with Gasteiger partial charge in [-0.1, -0.05) is 252 Å². The zero-order valence-electron chi connectivity index (χ0n) is 43.9. The van der Waals surface area contributed by atoms with Gasteiger partial charge in [0.2, 0.25) is 0 Å². The Bertz CT molecular complexity index is 1280. The normalized spacial score (nSPS) is 12.9. The zero-order chi connectivity index (χ0) is 48.5. The monoisotopic (exact) mass is 931 g/mol. The van der Waals surface area contributed by atoms with E-state index in [0.717, 1.165) is 89.9 Å². The third kappa shape index (κ3) is 55.3. The molecule has 0 fully saturated rings. The lowest BCUT2D eigenvalue weighted by atomic mass is 10.0. The highest BCUT2D eigenvalue weighted by Crippen LogP contribution is 2.16. The maximum atomic E-state index is 12.3. The van der Waals surface area contributed by atoms with E-state index in [9.17, 15) is 14.7 Å². The number of aliphatic hydroxyl groups excluding tert-OH is 1. The number of carbonyl (C=O) groups is 2. The van der Waals surface area contributed by atoms with Crippen LogP contribution in [0, 0.1) is 0 Å². The van der Waals surface area contributed by atoms with E-state index in [4.69, 9.17) is 9.47 Å². The number of ether oxygens (including phenoxy) is 2. The number of rotatable bonds is 51. The Balaban J connectivity index is 3.49. The van der Waals surface area contributed by atoms with Crippen LogP contribution in [0.2, 0.25) is 0 Å². The fourth-order valence-corrected chi connectivity index (χ4v) is 7.88. The smallest absolute Gasteiger partial charge is 0.306 e. The highest BCUT2D eigenvalue weighted by Gasteiger charge is 2.16. The lowest BCUT2D eigenvalue weighted by molar-refractivity contribution is -0.161. The van der Waals surface area contributed by atoms with Crippen molar-refractivity contribution >= 4 is 11.9 Å². The van der Waals surface area contributed by atoms with Crippen molar-refractivity contribution < 1.29 is 24.2 Å². The Hall–Kier alpha value is -3.18. The van der Waals surface area contributed by atoms with Crippen molar-refractivity contribution in [2.24, 2.45) is 0 Å². The predicted octanol–water partition coefficient (Wildman–Crippen LogP) is 19.1. The van der Waals surface area contributed by atoms with Crippen LogP contribution in [-0.2, 0) is 19.1 Å². The fraction of sp³-hybridized carbons (Fsp3) is 0.710. The van der Waals surface area contributed by atoms with Crippen LogP contribution in [0.5, 0.6) is 0 Å². The molecule has 0 saturated heterocycles. The number of allylic oxidation sites excluding steroid dienone is 16. The summed E-state index contributed by atoms with van der Waals surface area (Å²) in [6, 6.07) is 0. The first-order valence-electron chi connectivity index (χ1n) is 28.3. The summed E-state index contributed by atoms with van der Waals surface area (Å²) in [4.78, 5) is 24.5. The number of unbranched alkanes of at least 4 members (excludes halogenated alkanes) is 27. The standard InChI is InChI=1S/C62H106O5/c1-3-5-7-9-11-13-15-17-19-21-23-24-25-26-27-28-29-30-31-32-33-34-35-36-37-38-39-41-43-45-47-49-51-53-55-57-62(65)67-60(58-63)59-66-61(64)56-54-52-50-48-46-44-42-40-22-20-18-16-14-12-10-8-6-4-2/h5,7,11,13-14,16-17,19-20,22-24,26-27,29-30,60,63H,3-4,6,8-10,12,15,18,21,25,28,31-59H2,1-2H3/b7-5-,13-11-,16-14-,19-17-,22-20-,24-23-,27-26-,30-29-. The van der Waals surface area contributed by atoms with E-state index < -0.39 is 6.10 Å². The molecule has 5 heteroatoms. The van der Waals surface area contributed by atoms with Crippen molar-refractivity contribution in [2.75, 3.05) is 13.2 Å². The molecule has 0 aliphatic carbocycles. The van der Waals surface area contributed by atoms with Gasteiger partial charge in [-0.2, -0.15) is 0 Å². The van der Waals surface area contributed by atoms with Crippen LogP contribution in [0.1, 0.15) is 264 Å². The van der Waals surface area contributed by atoms with Crippen molar-refractivity contribution in [2.45, 2.75) is 270 Å². The highest BCUT2D eigenvalue weighted by molar-refractivity contribution is 5.70.